The van der Waals surface area contributed by atoms with Gasteiger partial charge in [-0.05, 0) is 33.1 Å². The van der Waals surface area contributed by atoms with Crippen LogP contribution in [-0.2, 0) is 4.74 Å². The normalized spacial score (nSPS) is 27.7. The summed E-state index contributed by atoms with van der Waals surface area (Å²) >= 11 is 3.57. The Morgan fingerprint density at radius 1 is 1.40 bits per heavy atom. The summed E-state index contributed by atoms with van der Waals surface area (Å²) in [6.07, 6.45) is 0.928. The smallest absolute Gasteiger partial charge is 0.410 e. The average molecular weight is 278 g/mol. The van der Waals surface area contributed by atoms with Crippen LogP contribution in [-0.4, -0.2) is 34.5 Å². The van der Waals surface area contributed by atoms with Crippen LogP contribution in [0.2, 0.25) is 0 Å². The molecule has 0 aromatic heterocycles. The highest BCUT2D eigenvalue weighted by Crippen LogP contribution is 2.23. The van der Waals surface area contributed by atoms with Crippen LogP contribution in [0.3, 0.4) is 0 Å². The van der Waals surface area contributed by atoms with Crippen LogP contribution < -0.4 is 0 Å². The molecule has 0 aromatic carbocycles. The van der Waals surface area contributed by atoms with Crippen LogP contribution in [0.1, 0.15) is 34.1 Å². The van der Waals surface area contributed by atoms with Gasteiger partial charge < -0.3 is 9.64 Å². The number of amides is 1. The van der Waals surface area contributed by atoms with Crippen molar-refractivity contribution < 1.29 is 9.53 Å². The lowest BCUT2D eigenvalue weighted by Crippen LogP contribution is -2.45. The second kappa shape index (κ2) is 4.73. The van der Waals surface area contributed by atoms with E-state index in [9.17, 15) is 4.79 Å². The standard InChI is InChI=1S/C11H20BrNO2/c1-8-5-9(12)7-13(6-8)10(14)15-11(2,3)4/h8-9H,5-7H2,1-4H3/t8?,9-/m1/s1. The van der Waals surface area contributed by atoms with Crippen molar-refractivity contribution in [3.63, 3.8) is 0 Å². The van der Waals surface area contributed by atoms with E-state index in [2.05, 4.69) is 22.9 Å². The quantitative estimate of drug-likeness (QED) is 0.637. The zero-order valence-corrected chi connectivity index (χ0v) is 11.5. The van der Waals surface area contributed by atoms with Gasteiger partial charge in [0.05, 0.1) is 0 Å². The van der Waals surface area contributed by atoms with E-state index in [1.165, 1.54) is 0 Å². The molecule has 1 unspecified atom stereocenters. The maximum atomic E-state index is 11.8. The summed E-state index contributed by atoms with van der Waals surface area (Å²) in [5.74, 6) is 0.538. The highest BCUT2D eigenvalue weighted by Gasteiger charge is 2.29. The van der Waals surface area contributed by atoms with Gasteiger partial charge in [-0.2, -0.15) is 0 Å². The molecule has 3 nitrogen and oxygen atoms in total. The minimum Gasteiger partial charge on any atom is -0.444 e. The number of carbonyl (C=O) groups excluding carboxylic acids is 1. The van der Waals surface area contributed by atoms with Gasteiger partial charge in [-0.1, -0.05) is 22.9 Å². The van der Waals surface area contributed by atoms with Crippen molar-refractivity contribution >= 4 is 22.0 Å². The van der Waals surface area contributed by atoms with E-state index in [1.807, 2.05) is 20.8 Å². The first-order chi connectivity index (χ1) is 6.78. The fraction of sp³-hybridized carbons (Fsp3) is 0.909. The van der Waals surface area contributed by atoms with Crippen LogP contribution >= 0.6 is 15.9 Å². The molecule has 1 fully saturated rings. The summed E-state index contributed by atoms with van der Waals surface area (Å²) in [6, 6.07) is 0. The minimum absolute atomic E-state index is 0.196. The third-order valence-electron chi connectivity index (χ3n) is 2.26. The molecule has 0 radical (unpaired) electrons. The molecular formula is C11H20BrNO2. The second-order valence-corrected chi connectivity index (χ2v) is 6.62. The van der Waals surface area contributed by atoms with Gasteiger partial charge in [-0.25, -0.2) is 4.79 Å². The lowest BCUT2D eigenvalue weighted by molar-refractivity contribution is 0.0182. The van der Waals surface area contributed by atoms with Crippen molar-refractivity contribution in [2.45, 2.75) is 44.5 Å². The Labute approximate surface area is 100 Å². The van der Waals surface area contributed by atoms with E-state index in [-0.39, 0.29) is 6.09 Å². The van der Waals surface area contributed by atoms with Gasteiger partial charge in [0.2, 0.25) is 0 Å². The summed E-state index contributed by atoms with van der Waals surface area (Å²) in [4.78, 5) is 14.0. The number of halogens is 1. The predicted molar refractivity (Wildman–Crippen MR) is 64.3 cm³/mol. The third kappa shape index (κ3) is 4.41. The van der Waals surface area contributed by atoms with Crippen LogP contribution in [0.15, 0.2) is 0 Å². The molecule has 4 heteroatoms. The first-order valence-corrected chi connectivity index (χ1v) is 6.31. The molecule has 1 saturated heterocycles. The number of ether oxygens (including phenoxy) is 1. The van der Waals surface area contributed by atoms with Crippen LogP contribution in [0.5, 0.6) is 0 Å². The van der Waals surface area contributed by atoms with E-state index in [0.717, 1.165) is 19.5 Å². The Morgan fingerprint density at radius 3 is 2.47 bits per heavy atom. The number of hydrogen-bond acceptors (Lipinski definition) is 2. The summed E-state index contributed by atoms with van der Waals surface area (Å²) in [7, 11) is 0. The molecule has 1 rings (SSSR count). The fourth-order valence-electron chi connectivity index (χ4n) is 1.75. The lowest BCUT2D eigenvalue weighted by atomic mass is 10.0. The molecule has 2 atom stereocenters. The van der Waals surface area contributed by atoms with Crippen molar-refractivity contribution in [3.8, 4) is 0 Å². The molecule has 1 heterocycles. The van der Waals surface area contributed by atoms with E-state index >= 15 is 0 Å². The van der Waals surface area contributed by atoms with E-state index in [1.54, 1.807) is 4.90 Å². The van der Waals surface area contributed by atoms with E-state index in [0.29, 0.717) is 10.7 Å². The first-order valence-electron chi connectivity index (χ1n) is 5.40. The van der Waals surface area contributed by atoms with Crippen molar-refractivity contribution in [1.82, 2.24) is 4.90 Å². The predicted octanol–water partition coefficient (Wildman–Crippen LogP) is 3.03. The van der Waals surface area contributed by atoms with Crippen molar-refractivity contribution in [2.24, 2.45) is 5.92 Å². The molecule has 0 aliphatic carbocycles. The molecule has 0 saturated carbocycles. The molecule has 1 aliphatic rings. The van der Waals surface area contributed by atoms with Gasteiger partial charge in [-0.15, -0.1) is 0 Å². The van der Waals surface area contributed by atoms with Gasteiger partial charge >= 0.3 is 6.09 Å². The maximum Gasteiger partial charge on any atom is 0.410 e. The Morgan fingerprint density at radius 2 is 2.00 bits per heavy atom. The molecule has 15 heavy (non-hydrogen) atoms. The summed E-state index contributed by atoms with van der Waals surface area (Å²) < 4.78 is 5.34. The van der Waals surface area contributed by atoms with Crippen LogP contribution in [0.25, 0.3) is 0 Å². The highest BCUT2D eigenvalue weighted by molar-refractivity contribution is 9.09. The Balaban J connectivity index is 2.52. The zero-order valence-electron chi connectivity index (χ0n) is 9.92. The summed E-state index contributed by atoms with van der Waals surface area (Å²) in [5.41, 5.74) is -0.403. The molecule has 88 valence electrons. The SMILES string of the molecule is CC1C[C@@H](Br)CN(C(=O)OC(C)(C)C)C1. The van der Waals surface area contributed by atoms with Gasteiger partial charge in [0, 0.05) is 17.9 Å². The lowest BCUT2D eigenvalue weighted by Gasteiger charge is -2.35. The monoisotopic (exact) mass is 277 g/mol. The summed E-state index contributed by atoms with van der Waals surface area (Å²) in [5, 5.41) is 0. The molecule has 0 N–H and O–H groups in total. The largest absolute Gasteiger partial charge is 0.444 e. The first kappa shape index (κ1) is 12.8. The number of rotatable bonds is 0. The highest BCUT2D eigenvalue weighted by atomic mass is 79.9. The zero-order chi connectivity index (χ0) is 11.6. The molecule has 0 spiro atoms. The van der Waals surface area contributed by atoms with Crippen molar-refractivity contribution in [2.75, 3.05) is 13.1 Å². The van der Waals surface area contributed by atoms with Crippen molar-refractivity contribution in [3.05, 3.63) is 0 Å². The number of piperidine rings is 1. The molecule has 0 bridgehead atoms. The summed E-state index contributed by atoms with van der Waals surface area (Å²) in [6.45, 7) is 9.39. The Kier molecular flexibility index (Phi) is 4.04. The van der Waals surface area contributed by atoms with E-state index < -0.39 is 5.60 Å². The van der Waals surface area contributed by atoms with Gasteiger partial charge in [0.15, 0.2) is 0 Å². The van der Waals surface area contributed by atoms with Gasteiger partial charge in [-0.3, -0.25) is 0 Å². The average Bonchev–Trinajstić information content (AvgIpc) is 1.98. The van der Waals surface area contributed by atoms with Crippen LogP contribution in [0.4, 0.5) is 4.79 Å². The van der Waals surface area contributed by atoms with Crippen molar-refractivity contribution in [1.29, 1.82) is 0 Å². The van der Waals surface area contributed by atoms with Gasteiger partial charge in [0.25, 0.3) is 0 Å². The van der Waals surface area contributed by atoms with Gasteiger partial charge in [0.1, 0.15) is 5.60 Å². The second-order valence-electron chi connectivity index (χ2n) is 5.32. The molecular weight excluding hydrogens is 258 g/mol. The molecule has 1 amide bonds. The fourth-order valence-corrected chi connectivity index (χ4v) is 2.74. The molecule has 0 aromatic rings. The molecule has 1 aliphatic heterocycles. The number of alkyl halides is 1. The van der Waals surface area contributed by atoms with Crippen LogP contribution in [0, 0.1) is 5.92 Å². The number of carbonyl (C=O) groups is 1. The van der Waals surface area contributed by atoms with E-state index in [4.69, 9.17) is 4.74 Å². The Hall–Kier alpha value is -0.250. The number of likely N-dealkylation sites (tertiary alicyclic amines) is 1. The topological polar surface area (TPSA) is 29.5 Å². The number of hydrogen-bond donors (Lipinski definition) is 0. The number of nitrogens with zero attached hydrogens (tertiary/aromatic N) is 1. The Bertz CT molecular complexity index is 227. The third-order valence-corrected chi connectivity index (χ3v) is 2.92. The maximum absolute atomic E-state index is 11.8. The minimum atomic E-state index is -0.403.